The fourth-order valence-corrected chi connectivity index (χ4v) is 3.50. The van der Waals surface area contributed by atoms with E-state index in [2.05, 4.69) is 20.9 Å². The number of carbonyl (C=O) groups is 1. The minimum atomic E-state index is -0.298. The van der Waals surface area contributed by atoms with Gasteiger partial charge in [0.1, 0.15) is 5.82 Å². The molecule has 0 saturated carbocycles. The smallest absolute Gasteiger partial charge is 0.224 e. The maximum atomic E-state index is 12.9. The summed E-state index contributed by atoms with van der Waals surface area (Å²) in [6.45, 7) is 3.76. The van der Waals surface area contributed by atoms with Crippen LogP contribution in [0.25, 0.3) is 0 Å². The Morgan fingerprint density at radius 3 is 2.73 bits per heavy atom. The number of amides is 1. The van der Waals surface area contributed by atoms with E-state index in [1.54, 1.807) is 12.1 Å². The standard InChI is InChI=1S/C19H27FN4O2/c1-2-21-19(24-16-12-15-7-8-17(16)26-15)23-10-9-22-18(25)11-13-3-5-14(20)6-4-13/h3-6,15-17H,2,7-12H2,1H3,(H,22,25)(H2,21,23,24). The van der Waals surface area contributed by atoms with Gasteiger partial charge in [-0.15, -0.1) is 0 Å². The van der Waals surface area contributed by atoms with Gasteiger partial charge in [0.2, 0.25) is 5.91 Å². The Balaban J connectivity index is 1.40. The van der Waals surface area contributed by atoms with Crippen LogP contribution in [-0.4, -0.2) is 49.8 Å². The van der Waals surface area contributed by atoms with Gasteiger partial charge in [-0.25, -0.2) is 4.39 Å². The van der Waals surface area contributed by atoms with Crippen LogP contribution in [0, 0.1) is 5.82 Å². The molecule has 3 unspecified atom stereocenters. The molecule has 2 aliphatic heterocycles. The molecule has 0 spiro atoms. The van der Waals surface area contributed by atoms with E-state index in [0.717, 1.165) is 37.3 Å². The summed E-state index contributed by atoms with van der Waals surface area (Å²) in [6.07, 6.45) is 4.23. The Morgan fingerprint density at radius 1 is 1.27 bits per heavy atom. The van der Waals surface area contributed by atoms with E-state index in [1.165, 1.54) is 12.1 Å². The largest absolute Gasteiger partial charge is 0.373 e. The maximum Gasteiger partial charge on any atom is 0.224 e. The Morgan fingerprint density at radius 2 is 2.08 bits per heavy atom. The molecule has 7 heteroatoms. The van der Waals surface area contributed by atoms with Crippen molar-refractivity contribution in [3.05, 3.63) is 35.6 Å². The van der Waals surface area contributed by atoms with Crippen LogP contribution in [0.2, 0.25) is 0 Å². The third-order valence-corrected chi connectivity index (χ3v) is 4.75. The fourth-order valence-electron chi connectivity index (χ4n) is 3.50. The fraction of sp³-hybridized carbons (Fsp3) is 0.579. The number of benzene rings is 1. The third-order valence-electron chi connectivity index (χ3n) is 4.75. The molecule has 0 aliphatic carbocycles. The zero-order chi connectivity index (χ0) is 18.4. The quantitative estimate of drug-likeness (QED) is 0.389. The van der Waals surface area contributed by atoms with Crippen molar-refractivity contribution >= 4 is 11.9 Å². The molecular weight excluding hydrogens is 335 g/mol. The zero-order valence-corrected chi connectivity index (χ0v) is 15.1. The van der Waals surface area contributed by atoms with Crippen LogP contribution in [0.1, 0.15) is 31.7 Å². The molecule has 3 atom stereocenters. The van der Waals surface area contributed by atoms with Gasteiger partial charge < -0.3 is 20.7 Å². The van der Waals surface area contributed by atoms with E-state index in [0.29, 0.717) is 31.3 Å². The molecule has 1 aromatic carbocycles. The molecule has 2 heterocycles. The van der Waals surface area contributed by atoms with Gasteiger partial charge in [-0.3, -0.25) is 9.79 Å². The lowest BCUT2D eigenvalue weighted by molar-refractivity contribution is -0.120. The summed E-state index contributed by atoms with van der Waals surface area (Å²) >= 11 is 0. The number of nitrogens with zero attached hydrogens (tertiary/aromatic N) is 1. The van der Waals surface area contributed by atoms with E-state index >= 15 is 0 Å². The van der Waals surface area contributed by atoms with Crippen molar-refractivity contribution in [3.63, 3.8) is 0 Å². The normalized spacial score (nSPS) is 24.5. The lowest BCUT2D eigenvalue weighted by Gasteiger charge is -2.22. The highest BCUT2D eigenvalue weighted by Gasteiger charge is 2.41. The minimum Gasteiger partial charge on any atom is -0.373 e. The molecule has 3 N–H and O–H groups in total. The highest BCUT2D eigenvalue weighted by atomic mass is 19.1. The molecule has 26 heavy (non-hydrogen) atoms. The summed E-state index contributed by atoms with van der Waals surface area (Å²) in [6, 6.07) is 6.29. The van der Waals surface area contributed by atoms with Crippen molar-refractivity contribution in [1.82, 2.24) is 16.0 Å². The van der Waals surface area contributed by atoms with Gasteiger partial charge in [0.05, 0.1) is 31.2 Å². The highest BCUT2D eigenvalue weighted by molar-refractivity contribution is 5.80. The van der Waals surface area contributed by atoms with Crippen molar-refractivity contribution in [3.8, 4) is 0 Å². The molecule has 1 amide bonds. The van der Waals surface area contributed by atoms with E-state index in [-0.39, 0.29) is 18.1 Å². The van der Waals surface area contributed by atoms with Crippen LogP contribution in [0.5, 0.6) is 0 Å². The number of ether oxygens (including phenoxy) is 1. The van der Waals surface area contributed by atoms with Gasteiger partial charge in [-0.2, -0.15) is 0 Å². The molecule has 2 aliphatic rings. The number of halogens is 1. The van der Waals surface area contributed by atoms with Crippen molar-refractivity contribution in [2.24, 2.45) is 4.99 Å². The molecule has 2 saturated heterocycles. The molecule has 3 rings (SSSR count). The first-order valence-electron chi connectivity index (χ1n) is 9.35. The van der Waals surface area contributed by atoms with E-state index in [9.17, 15) is 9.18 Å². The first kappa shape index (κ1) is 18.6. The predicted octanol–water partition coefficient (Wildman–Crippen LogP) is 1.36. The zero-order valence-electron chi connectivity index (χ0n) is 15.1. The topological polar surface area (TPSA) is 74.8 Å². The van der Waals surface area contributed by atoms with Crippen LogP contribution in [0.4, 0.5) is 4.39 Å². The van der Waals surface area contributed by atoms with Gasteiger partial charge in [0.25, 0.3) is 0 Å². The molecule has 2 bridgehead atoms. The molecule has 6 nitrogen and oxygen atoms in total. The van der Waals surface area contributed by atoms with Crippen LogP contribution in [-0.2, 0) is 16.0 Å². The third kappa shape index (κ3) is 5.17. The van der Waals surface area contributed by atoms with Gasteiger partial charge >= 0.3 is 0 Å². The van der Waals surface area contributed by atoms with Gasteiger partial charge in [0.15, 0.2) is 5.96 Å². The summed E-state index contributed by atoms with van der Waals surface area (Å²) < 4.78 is 18.7. The average molecular weight is 362 g/mol. The minimum absolute atomic E-state index is 0.0914. The summed E-state index contributed by atoms with van der Waals surface area (Å²) in [4.78, 5) is 16.5. The Labute approximate surface area is 153 Å². The second-order valence-electron chi connectivity index (χ2n) is 6.77. The number of rotatable bonds is 7. The Bertz CT molecular complexity index is 635. The molecule has 2 fully saturated rings. The predicted molar refractivity (Wildman–Crippen MR) is 98.5 cm³/mol. The summed E-state index contributed by atoms with van der Waals surface area (Å²) in [5.74, 6) is 0.375. The maximum absolute atomic E-state index is 12.9. The summed E-state index contributed by atoms with van der Waals surface area (Å²) in [5.41, 5.74) is 0.790. The number of guanidine groups is 1. The second kappa shape index (κ2) is 8.98. The number of carbonyl (C=O) groups excluding carboxylic acids is 1. The number of aliphatic imine (C=N–C) groups is 1. The molecule has 1 aromatic rings. The van der Waals surface area contributed by atoms with E-state index in [4.69, 9.17) is 4.74 Å². The van der Waals surface area contributed by atoms with Crippen molar-refractivity contribution in [2.75, 3.05) is 19.6 Å². The Hall–Kier alpha value is -2.15. The van der Waals surface area contributed by atoms with Crippen LogP contribution < -0.4 is 16.0 Å². The summed E-state index contributed by atoms with van der Waals surface area (Å²) in [5, 5.41) is 9.53. The van der Waals surface area contributed by atoms with Crippen molar-refractivity contribution in [2.45, 2.75) is 50.9 Å². The SMILES string of the molecule is CCNC(=NCCNC(=O)Cc1ccc(F)cc1)NC1CC2CCC1O2. The lowest BCUT2D eigenvalue weighted by Crippen LogP contribution is -2.47. The second-order valence-corrected chi connectivity index (χ2v) is 6.77. The van der Waals surface area contributed by atoms with Gasteiger partial charge in [-0.1, -0.05) is 12.1 Å². The van der Waals surface area contributed by atoms with Crippen LogP contribution >= 0.6 is 0 Å². The monoisotopic (exact) mass is 362 g/mol. The number of nitrogens with one attached hydrogen (secondary N) is 3. The van der Waals surface area contributed by atoms with Crippen LogP contribution in [0.3, 0.4) is 0 Å². The first-order chi connectivity index (χ1) is 12.6. The summed E-state index contributed by atoms with van der Waals surface area (Å²) in [7, 11) is 0. The van der Waals surface area contributed by atoms with E-state index < -0.39 is 0 Å². The number of fused-ring (bicyclic) bond motifs is 2. The van der Waals surface area contributed by atoms with E-state index in [1.807, 2.05) is 6.92 Å². The van der Waals surface area contributed by atoms with Crippen molar-refractivity contribution in [1.29, 1.82) is 0 Å². The highest BCUT2D eigenvalue weighted by Crippen LogP contribution is 2.34. The average Bonchev–Trinajstić information content (AvgIpc) is 3.24. The molecular formula is C19H27FN4O2. The van der Waals surface area contributed by atoms with Gasteiger partial charge in [0, 0.05) is 13.1 Å². The molecule has 0 radical (unpaired) electrons. The molecule has 0 aromatic heterocycles. The lowest BCUT2D eigenvalue weighted by atomic mass is 9.96. The molecule has 142 valence electrons. The Kier molecular flexibility index (Phi) is 6.44. The van der Waals surface area contributed by atoms with Crippen LogP contribution in [0.15, 0.2) is 29.3 Å². The van der Waals surface area contributed by atoms with Gasteiger partial charge in [-0.05, 0) is 43.9 Å². The van der Waals surface area contributed by atoms with Crippen molar-refractivity contribution < 1.29 is 13.9 Å². The number of hydrogen-bond donors (Lipinski definition) is 3. The number of hydrogen-bond acceptors (Lipinski definition) is 3. The first-order valence-corrected chi connectivity index (χ1v) is 9.35.